The monoisotopic (exact) mass is 283 g/mol. The van der Waals surface area contributed by atoms with E-state index in [-0.39, 0.29) is 0 Å². The standard InChI is InChI=1S/C13H18BrNO/c1-10(11-4-2-5-12(14)8-11)15-13-6-3-7-16-9-13/h2,4-5,8,10,13,15H,3,6-7,9H2,1H3. The zero-order valence-corrected chi connectivity index (χ0v) is 11.2. The highest BCUT2D eigenvalue weighted by Gasteiger charge is 2.16. The lowest BCUT2D eigenvalue weighted by molar-refractivity contribution is 0.0671. The Kier molecular flexibility index (Phi) is 4.38. The van der Waals surface area contributed by atoms with Crippen LogP contribution in [0.2, 0.25) is 0 Å². The molecule has 0 radical (unpaired) electrons. The first-order chi connectivity index (χ1) is 7.75. The fraction of sp³-hybridized carbons (Fsp3) is 0.538. The molecule has 1 N–H and O–H groups in total. The van der Waals surface area contributed by atoms with Gasteiger partial charge in [-0.2, -0.15) is 0 Å². The van der Waals surface area contributed by atoms with Gasteiger partial charge in [0.05, 0.1) is 6.61 Å². The van der Waals surface area contributed by atoms with Gasteiger partial charge in [0.15, 0.2) is 0 Å². The van der Waals surface area contributed by atoms with Crippen molar-refractivity contribution in [1.82, 2.24) is 5.32 Å². The molecule has 88 valence electrons. The molecule has 1 aliphatic heterocycles. The molecular weight excluding hydrogens is 266 g/mol. The normalized spacial score (nSPS) is 23.0. The molecule has 1 fully saturated rings. The molecule has 2 atom stereocenters. The minimum atomic E-state index is 0.379. The summed E-state index contributed by atoms with van der Waals surface area (Å²) in [5, 5.41) is 3.62. The Morgan fingerprint density at radius 2 is 2.38 bits per heavy atom. The van der Waals surface area contributed by atoms with Crippen LogP contribution < -0.4 is 5.32 Å². The molecule has 0 saturated carbocycles. The smallest absolute Gasteiger partial charge is 0.0619 e. The van der Waals surface area contributed by atoms with Crippen LogP contribution in [-0.2, 0) is 4.74 Å². The largest absolute Gasteiger partial charge is 0.380 e. The summed E-state index contributed by atoms with van der Waals surface area (Å²) < 4.78 is 6.61. The van der Waals surface area contributed by atoms with Crippen molar-refractivity contribution in [2.45, 2.75) is 31.8 Å². The van der Waals surface area contributed by atoms with Crippen molar-refractivity contribution in [1.29, 1.82) is 0 Å². The molecule has 0 aromatic heterocycles. The van der Waals surface area contributed by atoms with E-state index in [0.29, 0.717) is 12.1 Å². The second-order valence-corrected chi connectivity index (χ2v) is 5.27. The molecule has 2 unspecified atom stereocenters. The summed E-state index contributed by atoms with van der Waals surface area (Å²) in [4.78, 5) is 0. The number of nitrogens with one attached hydrogen (secondary N) is 1. The van der Waals surface area contributed by atoms with Gasteiger partial charge in [-0.25, -0.2) is 0 Å². The predicted molar refractivity (Wildman–Crippen MR) is 69.5 cm³/mol. The molecule has 2 nitrogen and oxygen atoms in total. The lowest BCUT2D eigenvalue weighted by atomic mass is 10.1. The van der Waals surface area contributed by atoms with Gasteiger partial charge < -0.3 is 10.1 Å². The Labute approximate surface area is 106 Å². The van der Waals surface area contributed by atoms with Gasteiger partial charge in [0.25, 0.3) is 0 Å². The van der Waals surface area contributed by atoms with Crippen LogP contribution in [0, 0.1) is 0 Å². The van der Waals surface area contributed by atoms with E-state index in [0.717, 1.165) is 17.7 Å². The fourth-order valence-corrected chi connectivity index (χ4v) is 2.51. The van der Waals surface area contributed by atoms with Crippen molar-refractivity contribution in [3.63, 3.8) is 0 Å². The summed E-state index contributed by atoms with van der Waals surface area (Å²) in [6.07, 6.45) is 2.39. The van der Waals surface area contributed by atoms with Crippen LogP contribution in [0.5, 0.6) is 0 Å². The SMILES string of the molecule is CC(NC1CCCOC1)c1cccc(Br)c1. The van der Waals surface area contributed by atoms with Gasteiger partial charge in [-0.3, -0.25) is 0 Å². The average molecular weight is 284 g/mol. The molecule has 1 aliphatic rings. The zero-order valence-electron chi connectivity index (χ0n) is 9.58. The van der Waals surface area contributed by atoms with Gasteiger partial charge in [-0.15, -0.1) is 0 Å². The first-order valence-electron chi connectivity index (χ1n) is 5.85. The van der Waals surface area contributed by atoms with Crippen molar-refractivity contribution in [2.24, 2.45) is 0 Å². The third-order valence-corrected chi connectivity index (χ3v) is 3.49. The Morgan fingerprint density at radius 1 is 1.50 bits per heavy atom. The minimum absolute atomic E-state index is 0.379. The summed E-state index contributed by atoms with van der Waals surface area (Å²) in [6.45, 7) is 3.97. The van der Waals surface area contributed by atoms with Gasteiger partial charge in [0, 0.05) is 23.2 Å². The van der Waals surface area contributed by atoms with Crippen molar-refractivity contribution in [3.05, 3.63) is 34.3 Å². The van der Waals surface area contributed by atoms with E-state index in [1.807, 2.05) is 0 Å². The van der Waals surface area contributed by atoms with Crippen LogP contribution in [-0.4, -0.2) is 19.3 Å². The number of ether oxygens (including phenoxy) is 1. The van der Waals surface area contributed by atoms with Crippen LogP contribution >= 0.6 is 15.9 Å². The van der Waals surface area contributed by atoms with E-state index < -0.39 is 0 Å². The quantitative estimate of drug-likeness (QED) is 0.919. The lowest BCUT2D eigenvalue weighted by Gasteiger charge is -2.27. The van der Waals surface area contributed by atoms with E-state index in [1.54, 1.807) is 0 Å². The Balaban J connectivity index is 1.94. The number of hydrogen-bond donors (Lipinski definition) is 1. The van der Waals surface area contributed by atoms with Gasteiger partial charge in [-0.1, -0.05) is 28.1 Å². The van der Waals surface area contributed by atoms with E-state index >= 15 is 0 Å². The fourth-order valence-electron chi connectivity index (χ4n) is 2.10. The summed E-state index contributed by atoms with van der Waals surface area (Å²) in [6, 6.07) is 9.34. The van der Waals surface area contributed by atoms with Crippen LogP contribution in [0.3, 0.4) is 0 Å². The molecule has 0 aliphatic carbocycles. The number of halogens is 1. The second-order valence-electron chi connectivity index (χ2n) is 4.36. The molecule has 1 heterocycles. The van der Waals surface area contributed by atoms with Gasteiger partial charge >= 0.3 is 0 Å². The maximum atomic E-state index is 5.47. The predicted octanol–water partition coefficient (Wildman–Crippen LogP) is 3.28. The van der Waals surface area contributed by atoms with Crippen LogP contribution in [0.25, 0.3) is 0 Å². The van der Waals surface area contributed by atoms with Crippen LogP contribution in [0.15, 0.2) is 28.7 Å². The number of rotatable bonds is 3. The molecule has 0 bridgehead atoms. The third-order valence-electron chi connectivity index (χ3n) is 2.99. The number of benzene rings is 1. The van der Waals surface area contributed by atoms with E-state index in [4.69, 9.17) is 4.74 Å². The van der Waals surface area contributed by atoms with Crippen LogP contribution in [0.4, 0.5) is 0 Å². The molecular formula is C13H18BrNO. The maximum absolute atomic E-state index is 5.47. The molecule has 2 rings (SSSR count). The summed E-state index contributed by atoms with van der Waals surface area (Å²) in [5.74, 6) is 0. The minimum Gasteiger partial charge on any atom is -0.380 e. The van der Waals surface area contributed by atoms with Gasteiger partial charge in [0.1, 0.15) is 0 Å². The highest BCUT2D eigenvalue weighted by Crippen LogP contribution is 2.19. The summed E-state index contributed by atoms with van der Waals surface area (Å²) >= 11 is 3.50. The molecule has 16 heavy (non-hydrogen) atoms. The third kappa shape index (κ3) is 3.30. The first kappa shape index (κ1) is 12.1. The van der Waals surface area contributed by atoms with Crippen molar-refractivity contribution < 1.29 is 4.74 Å². The van der Waals surface area contributed by atoms with Crippen molar-refractivity contribution in [3.8, 4) is 0 Å². The van der Waals surface area contributed by atoms with E-state index in [2.05, 4.69) is 52.4 Å². The molecule has 0 spiro atoms. The molecule has 3 heteroatoms. The first-order valence-corrected chi connectivity index (χ1v) is 6.64. The Bertz CT molecular complexity index is 336. The second kappa shape index (κ2) is 5.80. The van der Waals surface area contributed by atoms with Gasteiger partial charge in [-0.05, 0) is 37.5 Å². The maximum Gasteiger partial charge on any atom is 0.0619 e. The van der Waals surface area contributed by atoms with Gasteiger partial charge in [0.2, 0.25) is 0 Å². The zero-order chi connectivity index (χ0) is 11.4. The molecule has 1 saturated heterocycles. The summed E-state index contributed by atoms with van der Waals surface area (Å²) in [5.41, 5.74) is 1.32. The highest BCUT2D eigenvalue weighted by atomic mass is 79.9. The van der Waals surface area contributed by atoms with Crippen LogP contribution in [0.1, 0.15) is 31.4 Å². The molecule has 1 aromatic carbocycles. The van der Waals surface area contributed by atoms with Crippen molar-refractivity contribution >= 4 is 15.9 Å². The van der Waals surface area contributed by atoms with Crippen molar-refractivity contribution in [2.75, 3.05) is 13.2 Å². The molecule has 1 aromatic rings. The van der Waals surface area contributed by atoms with E-state index in [1.165, 1.54) is 18.4 Å². The molecule has 0 amide bonds. The number of hydrogen-bond acceptors (Lipinski definition) is 2. The highest BCUT2D eigenvalue weighted by molar-refractivity contribution is 9.10. The summed E-state index contributed by atoms with van der Waals surface area (Å²) in [7, 11) is 0. The Hall–Kier alpha value is -0.380. The van der Waals surface area contributed by atoms with E-state index in [9.17, 15) is 0 Å². The lowest BCUT2D eigenvalue weighted by Crippen LogP contribution is -2.38. The topological polar surface area (TPSA) is 21.3 Å². The average Bonchev–Trinajstić information content (AvgIpc) is 2.30. The Morgan fingerprint density at radius 3 is 3.06 bits per heavy atom.